The number of nitrogens with zero attached hydrogens (tertiary/aromatic N) is 1. The summed E-state index contributed by atoms with van der Waals surface area (Å²) in [5.74, 6) is -0.386. The van der Waals surface area contributed by atoms with Gasteiger partial charge in [-0.2, -0.15) is 0 Å². The van der Waals surface area contributed by atoms with Crippen molar-refractivity contribution >= 4 is 35.0 Å². The van der Waals surface area contributed by atoms with Gasteiger partial charge in [-0.1, -0.05) is 41.9 Å². The average molecular weight is 280 g/mol. The van der Waals surface area contributed by atoms with Crippen LogP contribution in [0, 0.1) is 0 Å². The molecule has 0 saturated heterocycles. The van der Waals surface area contributed by atoms with Gasteiger partial charge in [0.1, 0.15) is 6.61 Å². The van der Waals surface area contributed by atoms with Gasteiger partial charge in [-0.3, -0.25) is 0 Å². The second kappa shape index (κ2) is 6.33. The van der Waals surface area contributed by atoms with Crippen LogP contribution in [0.25, 0.3) is 6.08 Å². The van der Waals surface area contributed by atoms with Gasteiger partial charge in [0.25, 0.3) is 0 Å². The molecule has 1 heterocycles. The molecule has 0 N–H and O–H groups in total. The Morgan fingerprint density at radius 2 is 2.17 bits per heavy atom. The Balaban J connectivity index is 1.84. The van der Waals surface area contributed by atoms with Crippen molar-refractivity contribution in [1.82, 2.24) is 4.98 Å². The highest BCUT2D eigenvalue weighted by Gasteiger charge is 2.02. The van der Waals surface area contributed by atoms with Crippen LogP contribution in [0.1, 0.15) is 10.4 Å². The lowest BCUT2D eigenvalue weighted by Crippen LogP contribution is -1.99. The maximum Gasteiger partial charge on any atom is 0.331 e. The fourth-order valence-corrected chi connectivity index (χ4v) is 2.16. The predicted octanol–water partition coefficient (Wildman–Crippen LogP) is 3.55. The molecule has 0 saturated carbocycles. The van der Waals surface area contributed by atoms with Crippen LogP contribution in [0.5, 0.6) is 0 Å². The summed E-state index contributed by atoms with van der Waals surface area (Å²) in [5, 5.41) is 0. The van der Waals surface area contributed by atoms with E-state index < -0.39 is 0 Å². The number of esters is 1. The van der Waals surface area contributed by atoms with Gasteiger partial charge in [0.2, 0.25) is 0 Å². The van der Waals surface area contributed by atoms with E-state index in [2.05, 4.69) is 4.98 Å². The molecule has 0 aliphatic heterocycles. The van der Waals surface area contributed by atoms with Crippen LogP contribution in [0.2, 0.25) is 4.47 Å². The first-order valence-electron chi connectivity index (χ1n) is 5.24. The third-order valence-electron chi connectivity index (χ3n) is 2.09. The molecule has 0 aliphatic carbocycles. The number of aromatic nitrogens is 1. The lowest BCUT2D eigenvalue weighted by Gasteiger charge is -1.98. The first-order valence-corrected chi connectivity index (χ1v) is 6.43. The Hall–Kier alpha value is -1.65. The van der Waals surface area contributed by atoms with E-state index in [-0.39, 0.29) is 12.6 Å². The summed E-state index contributed by atoms with van der Waals surface area (Å²) in [7, 11) is 0. The largest absolute Gasteiger partial charge is 0.457 e. The fourth-order valence-electron chi connectivity index (χ4n) is 1.27. The first kappa shape index (κ1) is 12.8. The minimum Gasteiger partial charge on any atom is -0.457 e. The highest BCUT2D eigenvalue weighted by molar-refractivity contribution is 7.15. The van der Waals surface area contributed by atoms with Crippen molar-refractivity contribution in [1.29, 1.82) is 0 Å². The van der Waals surface area contributed by atoms with Crippen molar-refractivity contribution in [2.24, 2.45) is 0 Å². The molecule has 0 unspecified atom stereocenters. The molecule has 2 aromatic rings. The lowest BCUT2D eigenvalue weighted by molar-refractivity contribution is -0.138. The van der Waals surface area contributed by atoms with Crippen molar-refractivity contribution in [3.63, 3.8) is 0 Å². The number of rotatable bonds is 4. The predicted molar refractivity (Wildman–Crippen MR) is 72.4 cm³/mol. The molecule has 0 atom stereocenters. The Kier molecular flexibility index (Phi) is 4.50. The summed E-state index contributed by atoms with van der Waals surface area (Å²) in [4.78, 5) is 16.1. The summed E-state index contributed by atoms with van der Waals surface area (Å²) >= 11 is 6.97. The second-order valence-electron chi connectivity index (χ2n) is 3.43. The molecule has 0 amide bonds. The highest BCUT2D eigenvalue weighted by Crippen LogP contribution is 2.18. The molecule has 18 heavy (non-hydrogen) atoms. The van der Waals surface area contributed by atoms with E-state index in [0.29, 0.717) is 4.47 Å². The number of ether oxygens (including phenoxy) is 1. The molecule has 2 rings (SSSR count). The third-order valence-corrected chi connectivity index (χ3v) is 3.18. The molecule has 0 spiro atoms. The summed E-state index contributed by atoms with van der Waals surface area (Å²) in [6.07, 6.45) is 4.71. The van der Waals surface area contributed by atoms with E-state index in [4.69, 9.17) is 16.3 Å². The number of halogens is 1. The van der Waals surface area contributed by atoms with Crippen LogP contribution >= 0.6 is 22.9 Å². The molecule has 1 aromatic heterocycles. The van der Waals surface area contributed by atoms with Gasteiger partial charge < -0.3 is 4.74 Å². The van der Waals surface area contributed by atoms with Crippen molar-refractivity contribution < 1.29 is 9.53 Å². The average Bonchev–Trinajstić information content (AvgIpc) is 2.81. The van der Waals surface area contributed by atoms with Gasteiger partial charge in [0.05, 0.1) is 4.88 Å². The highest BCUT2D eigenvalue weighted by atomic mass is 35.5. The number of hydrogen-bond donors (Lipinski definition) is 0. The molecule has 0 aliphatic rings. The van der Waals surface area contributed by atoms with E-state index in [1.54, 1.807) is 12.3 Å². The summed E-state index contributed by atoms with van der Waals surface area (Å²) in [6, 6.07) is 9.55. The Labute approximate surface area is 114 Å². The first-order chi connectivity index (χ1) is 8.74. The molecule has 3 nitrogen and oxygen atoms in total. The quantitative estimate of drug-likeness (QED) is 0.635. The lowest BCUT2D eigenvalue weighted by atomic mass is 10.2. The molecule has 1 aromatic carbocycles. The third kappa shape index (κ3) is 3.98. The summed E-state index contributed by atoms with van der Waals surface area (Å²) in [5.41, 5.74) is 0.954. The number of hydrogen-bond acceptors (Lipinski definition) is 4. The van der Waals surface area contributed by atoms with Crippen molar-refractivity contribution in [3.8, 4) is 0 Å². The molecular weight excluding hydrogens is 270 g/mol. The molecular formula is C13H10ClNO2S. The maximum absolute atomic E-state index is 11.4. The number of carbonyl (C=O) groups is 1. The second-order valence-corrected chi connectivity index (χ2v) is 5.13. The standard InChI is InChI=1S/C13H10ClNO2S/c14-13-15-8-11(18-13)9-17-12(16)7-6-10-4-2-1-3-5-10/h1-8H,9H2. The van der Waals surface area contributed by atoms with E-state index in [1.807, 2.05) is 30.3 Å². The van der Waals surface area contributed by atoms with Crippen LogP contribution < -0.4 is 0 Å². The minimum atomic E-state index is -0.386. The topological polar surface area (TPSA) is 39.2 Å². The maximum atomic E-state index is 11.4. The van der Waals surface area contributed by atoms with Crippen LogP contribution in [0.3, 0.4) is 0 Å². The zero-order chi connectivity index (χ0) is 12.8. The fraction of sp³-hybridized carbons (Fsp3) is 0.0769. The van der Waals surface area contributed by atoms with Gasteiger partial charge in [-0.15, -0.1) is 11.3 Å². The van der Waals surface area contributed by atoms with E-state index in [0.717, 1.165) is 10.4 Å². The van der Waals surface area contributed by atoms with Gasteiger partial charge in [-0.05, 0) is 11.6 Å². The van der Waals surface area contributed by atoms with Crippen molar-refractivity contribution in [2.75, 3.05) is 0 Å². The SMILES string of the molecule is O=C(C=Cc1ccccc1)OCc1cnc(Cl)s1. The Morgan fingerprint density at radius 3 is 2.83 bits per heavy atom. The molecule has 92 valence electrons. The van der Waals surface area contributed by atoms with Gasteiger partial charge in [-0.25, -0.2) is 9.78 Å². The van der Waals surface area contributed by atoms with E-state index in [1.165, 1.54) is 17.4 Å². The molecule has 0 bridgehead atoms. The zero-order valence-corrected chi connectivity index (χ0v) is 10.9. The number of thiazole rings is 1. The van der Waals surface area contributed by atoms with Gasteiger partial charge in [0, 0.05) is 12.3 Å². The van der Waals surface area contributed by atoms with E-state index >= 15 is 0 Å². The monoisotopic (exact) mass is 279 g/mol. The van der Waals surface area contributed by atoms with Gasteiger partial charge in [0.15, 0.2) is 4.47 Å². The number of carbonyl (C=O) groups excluding carboxylic acids is 1. The van der Waals surface area contributed by atoms with Crippen molar-refractivity contribution in [3.05, 3.63) is 57.5 Å². The van der Waals surface area contributed by atoms with Crippen LogP contribution in [0.15, 0.2) is 42.6 Å². The summed E-state index contributed by atoms with van der Waals surface area (Å²) in [6.45, 7) is 0.197. The van der Waals surface area contributed by atoms with E-state index in [9.17, 15) is 4.79 Å². The summed E-state index contributed by atoms with van der Waals surface area (Å²) < 4.78 is 5.49. The number of benzene rings is 1. The van der Waals surface area contributed by atoms with Crippen LogP contribution in [0.4, 0.5) is 0 Å². The molecule has 0 radical (unpaired) electrons. The smallest absolute Gasteiger partial charge is 0.331 e. The Bertz CT molecular complexity index is 551. The molecule has 5 heteroatoms. The van der Waals surface area contributed by atoms with Crippen molar-refractivity contribution in [2.45, 2.75) is 6.61 Å². The molecule has 0 fully saturated rings. The van der Waals surface area contributed by atoms with Gasteiger partial charge >= 0.3 is 5.97 Å². The van der Waals surface area contributed by atoms with Crippen LogP contribution in [-0.2, 0) is 16.1 Å². The Morgan fingerprint density at radius 1 is 1.39 bits per heavy atom. The zero-order valence-electron chi connectivity index (χ0n) is 9.38. The normalized spacial score (nSPS) is 10.7. The van der Waals surface area contributed by atoms with Crippen LogP contribution in [-0.4, -0.2) is 11.0 Å². The minimum absolute atomic E-state index is 0.197.